The molecule has 1 N–H and O–H groups in total. The first-order chi connectivity index (χ1) is 9.20. The van der Waals surface area contributed by atoms with Gasteiger partial charge in [0.1, 0.15) is 5.82 Å². The molecule has 1 aromatic carbocycles. The van der Waals surface area contributed by atoms with Gasteiger partial charge >= 0.3 is 0 Å². The Balaban J connectivity index is 1.89. The molecule has 0 amide bonds. The lowest BCUT2D eigenvalue weighted by molar-refractivity contribution is 0.101. The third kappa shape index (κ3) is 4.26. The summed E-state index contributed by atoms with van der Waals surface area (Å²) >= 11 is 3.40. The van der Waals surface area contributed by atoms with E-state index < -0.39 is 0 Å². The smallest absolute Gasteiger partial charge is 0.128 e. The van der Waals surface area contributed by atoms with Crippen molar-refractivity contribution in [1.29, 1.82) is 0 Å². The highest BCUT2D eigenvalue weighted by Gasteiger charge is 2.18. The molecule has 1 aliphatic heterocycles. The summed E-state index contributed by atoms with van der Waals surface area (Å²) in [5.74, 6) is -0.139. The Hall–Kier alpha value is -0.450. The second-order valence-corrected chi connectivity index (χ2v) is 5.99. The van der Waals surface area contributed by atoms with E-state index in [1.54, 1.807) is 6.07 Å². The Morgan fingerprint density at radius 3 is 3.05 bits per heavy atom. The summed E-state index contributed by atoms with van der Waals surface area (Å²) in [6.07, 6.45) is 5.85. The Morgan fingerprint density at radius 1 is 1.53 bits per heavy atom. The van der Waals surface area contributed by atoms with E-state index in [1.165, 1.54) is 18.9 Å². The summed E-state index contributed by atoms with van der Waals surface area (Å²) in [5, 5.41) is 3.21. The molecule has 0 spiro atoms. The van der Waals surface area contributed by atoms with Gasteiger partial charge in [-0.3, -0.25) is 0 Å². The van der Waals surface area contributed by atoms with Crippen LogP contribution >= 0.6 is 15.9 Å². The molecule has 1 aromatic rings. The average molecular weight is 330 g/mol. The zero-order chi connectivity index (χ0) is 13.7. The lowest BCUT2D eigenvalue weighted by Crippen LogP contribution is -2.18. The first-order valence-electron chi connectivity index (χ1n) is 6.94. The van der Waals surface area contributed by atoms with Crippen LogP contribution in [0.3, 0.4) is 0 Å². The number of rotatable bonds is 6. The van der Waals surface area contributed by atoms with Crippen molar-refractivity contribution < 1.29 is 9.13 Å². The Morgan fingerprint density at radius 2 is 2.37 bits per heavy atom. The third-order valence-corrected chi connectivity index (χ3v) is 4.22. The lowest BCUT2D eigenvalue weighted by atomic mass is 9.99. The Kier molecular flexibility index (Phi) is 5.79. The van der Waals surface area contributed by atoms with Gasteiger partial charge in [0.15, 0.2) is 0 Å². The van der Waals surface area contributed by atoms with Crippen LogP contribution < -0.4 is 5.32 Å². The molecule has 1 aliphatic rings. The second-order valence-electron chi connectivity index (χ2n) is 5.07. The number of nitrogens with one attached hydrogen (secondary N) is 1. The number of ether oxygens (including phenoxy) is 1. The largest absolute Gasteiger partial charge is 0.378 e. The topological polar surface area (TPSA) is 21.3 Å². The van der Waals surface area contributed by atoms with Crippen LogP contribution in [0.4, 0.5) is 4.39 Å². The molecule has 0 aliphatic carbocycles. The highest BCUT2D eigenvalue weighted by molar-refractivity contribution is 9.10. The van der Waals surface area contributed by atoms with Crippen molar-refractivity contribution in [2.75, 3.05) is 13.7 Å². The zero-order valence-corrected chi connectivity index (χ0v) is 12.9. The molecule has 19 heavy (non-hydrogen) atoms. The van der Waals surface area contributed by atoms with Crippen LogP contribution in [-0.4, -0.2) is 19.8 Å². The van der Waals surface area contributed by atoms with Crippen LogP contribution in [0.25, 0.3) is 0 Å². The van der Waals surface area contributed by atoms with Crippen LogP contribution in [0.5, 0.6) is 0 Å². The highest BCUT2D eigenvalue weighted by atomic mass is 79.9. The molecule has 0 aromatic heterocycles. The van der Waals surface area contributed by atoms with Gasteiger partial charge in [0.2, 0.25) is 0 Å². The van der Waals surface area contributed by atoms with Gasteiger partial charge in [-0.2, -0.15) is 0 Å². The zero-order valence-electron chi connectivity index (χ0n) is 11.3. The molecule has 0 radical (unpaired) electrons. The van der Waals surface area contributed by atoms with Gasteiger partial charge in [0, 0.05) is 22.7 Å². The standard InChI is InChI=1S/C15H21BrFNO/c1-18-15(6-2-4-12-5-3-9-19-12)13-10-11(16)7-8-14(13)17/h7-8,10,12,15,18H,2-6,9H2,1H3. The van der Waals surface area contributed by atoms with Crippen molar-refractivity contribution in [2.45, 2.75) is 44.2 Å². The van der Waals surface area contributed by atoms with Crippen LogP contribution in [0.1, 0.15) is 43.7 Å². The molecule has 2 atom stereocenters. The van der Waals surface area contributed by atoms with E-state index in [2.05, 4.69) is 21.2 Å². The molecule has 2 unspecified atom stereocenters. The van der Waals surface area contributed by atoms with Crippen molar-refractivity contribution >= 4 is 15.9 Å². The van der Waals surface area contributed by atoms with Gasteiger partial charge < -0.3 is 10.1 Å². The second kappa shape index (κ2) is 7.36. The van der Waals surface area contributed by atoms with E-state index in [4.69, 9.17) is 4.74 Å². The minimum atomic E-state index is -0.139. The van der Waals surface area contributed by atoms with Gasteiger partial charge in [-0.15, -0.1) is 0 Å². The molecule has 4 heteroatoms. The summed E-state index contributed by atoms with van der Waals surface area (Å²) in [5.41, 5.74) is 0.740. The number of hydrogen-bond acceptors (Lipinski definition) is 2. The maximum Gasteiger partial charge on any atom is 0.128 e. The predicted octanol–water partition coefficient (Wildman–Crippen LogP) is 4.20. The molecule has 0 bridgehead atoms. The molecule has 2 rings (SSSR count). The van der Waals surface area contributed by atoms with Crippen molar-refractivity contribution in [1.82, 2.24) is 5.32 Å². The summed E-state index contributed by atoms with van der Waals surface area (Å²) < 4.78 is 20.4. The van der Waals surface area contributed by atoms with Crippen LogP contribution in [0.2, 0.25) is 0 Å². The van der Waals surface area contributed by atoms with Gasteiger partial charge in [0.05, 0.1) is 6.10 Å². The SMILES string of the molecule is CNC(CCCC1CCCO1)c1cc(Br)ccc1F. The van der Waals surface area contributed by atoms with Gasteiger partial charge in [-0.25, -0.2) is 4.39 Å². The first-order valence-corrected chi connectivity index (χ1v) is 7.74. The van der Waals surface area contributed by atoms with E-state index in [1.807, 2.05) is 13.1 Å². The number of halogens is 2. The van der Waals surface area contributed by atoms with Gasteiger partial charge in [0.25, 0.3) is 0 Å². The maximum atomic E-state index is 13.8. The predicted molar refractivity (Wildman–Crippen MR) is 78.7 cm³/mol. The van der Waals surface area contributed by atoms with E-state index in [0.29, 0.717) is 6.10 Å². The molecular weight excluding hydrogens is 309 g/mol. The quantitative estimate of drug-likeness (QED) is 0.844. The molecular formula is C15H21BrFNO. The van der Waals surface area contributed by atoms with Gasteiger partial charge in [-0.05, 0) is 57.4 Å². The van der Waals surface area contributed by atoms with E-state index in [9.17, 15) is 4.39 Å². The van der Waals surface area contributed by atoms with Crippen LogP contribution in [0, 0.1) is 5.82 Å². The number of benzene rings is 1. The van der Waals surface area contributed by atoms with Crippen molar-refractivity contribution in [2.24, 2.45) is 0 Å². The van der Waals surface area contributed by atoms with Crippen LogP contribution in [-0.2, 0) is 4.74 Å². The summed E-state index contributed by atoms with van der Waals surface area (Å²) in [6.45, 7) is 0.903. The molecule has 1 saturated heterocycles. The highest BCUT2D eigenvalue weighted by Crippen LogP contribution is 2.26. The fourth-order valence-electron chi connectivity index (χ4n) is 2.66. The molecule has 1 heterocycles. The molecule has 2 nitrogen and oxygen atoms in total. The Labute approximate surface area is 122 Å². The Bertz CT molecular complexity index is 407. The van der Waals surface area contributed by atoms with Gasteiger partial charge in [-0.1, -0.05) is 15.9 Å². The minimum absolute atomic E-state index is 0.0684. The van der Waals surface area contributed by atoms with E-state index in [0.717, 1.165) is 35.9 Å². The third-order valence-electron chi connectivity index (χ3n) is 3.72. The average Bonchev–Trinajstić information content (AvgIpc) is 2.91. The summed E-state index contributed by atoms with van der Waals surface area (Å²) in [6, 6.07) is 5.18. The summed E-state index contributed by atoms with van der Waals surface area (Å²) in [4.78, 5) is 0. The van der Waals surface area contributed by atoms with Crippen molar-refractivity contribution in [3.63, 3.8) is 0 Å². The minimum Gasteiger partial charge on any atom is -0.378 e. The van der Waals surface area contributed by atoms with Crippen molar-refractivity contribution in [3.05, 3.63) is 34.1 Å². The van der Waals surface area contributed by atoms with E-state index >= 15 is 0 Å². The lowest BCUT2D eigenvalue weighted by Gasteiger charge is -2.18. The van der Waals surface area contributed by atoms with Crippen molar-refractivity contribution in [3.8, 4) is 0 Å². The monoisotopic (exact) mass is 329 g/mol. The molecule has 0 saturated carbocycles. The fraction of sp³-hybridized carbons (Fsp3) is 0.600. The fourth-order valence-corrected chi connectivity index (χ4v) is 3.04. The molecule has 1 fully saturated rings. The van der Waals surface area contributed by atoms with E-state index in [-0.39, 0.29) is 11.9 Å². The molecule has 106 valence electrons. The van der Waals surface area contributed by atoms with Crippen LogP contribution in [0.15, 0.2) is 22.7 Å². The summed E-state index contributed by atoms with van der Waals surface area (Å²) in [7, 11) is 1.89. The first kappa shape index (κ1) is 14.9. The maximum absolute atomic E-state index is 13.8. The number of hydrogen-bond donors (Lipinski definition) is 1. The normalized spacial score (nSPS) is 20.7.